The van der Waals surface area contributed by atoms with Crippen molar-refractivity contribution in [2.24, 2.45) is 0 Å². The Hall–Kier alpha value is -0.970. The van der Waals surface area contributed by atoms with E-state index < -0.39 is 16.0 Å². The Morgan fingerprint density at radius 1 is 1.58 bits per heavy atom. The van der Waals surface area contributed by atoms with Gasteiger partial charge in [0.05, 0.1) is 6.20 Å². The van der Waals surface area contributed by atoms with Crippen molar-refractivity contribution in [2.75, 3.05) is 18.8 Å². The molecule has 0 aliphatic rings. The van der Waals surface area contributed by atoms with Crippen molar-refractivity contribution in [3.8, 4) is 0 Å². The van der Waals surface area contributed by atoms with Crippen molar-refractivity contribution in [1.29, 1.82) is 0 Å². The van der Waals surface area contributed by atoms with Crippen LogP contribution in [0, 0.1) is 0 Å². The van der Waals surface area contributed by atoms with Crippen LogP contribution in [-0.2, 0) is 0 Å². The van der Waals surface area contributed by atoms with Crippen LogP contribution in [-0.4, -0.2) is 39.8 Å². The molecular weight excluding hydrogens is 176 g/mol. The van der Waals surface area contributed by atoms with Crippen molar-refractivity contribution in [3.63, 3.8) is 0 Å². The van der Waals surface area contributed by atoms with Gasteiger partial charge in [-0.05, 0) is 18.8 Å². The molecule has 1 aromatic rings. The van der Waals surface area contributed by atoms with Gasteiger partial charge in [0, 0.05) is 0 Å². The second-order valence-corrected chi connectivity index (χ2v) is 7.31. The van der Waals surface area contributed by atoms with E-state index in [1.165, 1.54) is 6.20 Å². The summed E-state index contributed by atoms with van der Waals surface area (Å²) in [4.78, 5) is 17.3. The molecule has 0 aliphatic heterocycles. The van der Waals surface area contributed by atoms with E-state index in [4.69, 9.17) is 5.11 Å². The van der Waals surface area contributed by atoms with Crippen LogP contribution in [0.15, 0.2) is 11.4 Å². The molecule has 0 fully saturated rings. The Labute approximate surface area is 72.3 Å². The largest absolute Gasteiger partial charge is 0.477 e. The van der Waals surface area contributed by atoms with E-state index in [-0.39, 0.29) is 5.69 Å². The van der Waals surface area contributed by atoms with Crippen molar-refractivity contribution in [1.82, 2.24) is 9.97 Å². The summed E-state index contributed by atoms with van der Waals surface area (Å²) in [5.41, 5.74) is 0.160. The Kier molecular flexibility index (Phi) is 2.14. The van der Waals surface area contributed by atoms with Crippen LogP contribution >= 0.6 is 10.0 Å². The maximum Gasteiger partial charge on any atom is 0.353 e. The lowest BCUT2D eigenvalue weighted by molar-refractivity contribution is 0.0690. The zero-order valence-corrected chi connectivity index (χ0v) is 8.10. The number of aromatic carboxylic acids is 1. The van der Waals surface area contributed by atoms with Crippen LogP contribution < -0.4 is 0 Å². The van der Waals surface area contributed by atoms with Crippen LogP contribution in [0.2, 0.25) is 0 Å². The molecule has 12 heavy (non-hydrogen) atoms. The van der Waals surface area contributed by atoms with E-state index in [9.17, 15) is 4.79 Å². The molecule has 4 nitrogen and oxygen atoms in total. The van der Waals surface area contributed by atoms with Gasteiger partial charge < -0.3 is 10.1 Å². The number of carboxylic acid groups (broad SMARTS) is 1. The minimum absolute atomic E-state index is 0.160. The molecule has 5 heteroatoms. The average molecular weight is 188 g/mol. The first-order valence-electron chi connectivity index (χ1n) is 3.38. The summed E-state index contributed by atoms with van der Waals surface area (Å²) >= 11 is 0. The van der Waals surface area contributed by atoms with Gasteiger partial charge in [0.25, 0.3) is 0 Å². The van der Waals surface area contributed by atoms with Gasteiger partial charge in [-0.3, -0.25) is 0 Å². The summed E-state index contributed by atoms with van der Waals surface area (Å²) in [6.07, 6.45) is 7.52. The first-order chi connectivity index (χ1) is 5.41. The van der Waals surface area contributed by atoms with Gasteiger partial charge in [0.15, 0.2) is 0 Å². The lowest BCUT2D eigenvalue weighted by atomic mass is 10.5. The van der Waals surface area contributed by atoms with Gasteiger partial charge in [-0.15, -0.1) is 0 Å². The number of H-pyrrole nitrogens is 1. The number of aromatic nitrogens is 2. The topological polar surface area (TPSA) is 66.0 Å². The third-order valence-electron chi connectivity index (χ3n) is 1.36. The number of rotatable bonds is 2. The Balaban J connectivity index is 3.00. The minimum atomic E-state index is -0.961. The number of imidazole rings is 1. The molecule has 2 N–H and O–H groups in total. The highest BCUT2D eigenvalue weighted by molar-refractivity contribution is 8.32. The Morgan fingerprint density at radius 2 is 2.17 bits per heavy atom. The zero-order chi connectivity index (χ0) is 9.35. The molecule has 0 spiro atoms. The molecule has 1 aromatic heterocycles. The number of nitrogens with one attached hydrogen (secondary N) is 1. The van der Waals surface area contributed by atoms with Crippen LogP contribution in [0.5, 0.6) is 0 Å². The highest BCUT2D eigenvalue weighted by Crippen LogP contribution is 2.42. The van der Waals surface area contributed by atoms with Gasteiger partial charge >= 0.3 is 5.97 Å². The third kappa shape index (κ3) is 1.79. The van der Waals surface area contributed by atoms with Crippen LogP contribution in [0.3, 0.4) is 0 Å². The lowest BCUT2D eigenvalue weighted by Gasteiger charge is -2.21. The summed E-state index contributed by atoms with van der Waals surface area (Å²) in [6, 6.07) is 0. The summed E-state index contributed by atoms with van der Waals surface area (Å²) < 4.78 is 0. The van der Waals surface area contributed by atoms with E-state index in [1.54, 1.807) is 0 Å². The van der Waals surface area contributed by atoms with Gasteiger partial charge in [-0.2, -0.15) is 10.0 Å². The molecule has 0 atom stereocenters. The van der Waals surface area contributed by atoms with Gasteiger partial charge in [0.2, 0.25) is 0 Å². The molecule has 1 rings (SSSR count). The quantitative estimate of drug-likeness (QED) is 0.732. The van der Waals surface area contributed by atoms with Crippen molar-refractivity contribution >= 4 is 16.0 Å². The van der Waals surface area contributed by atoms with Crippen molar-refractivity contribution < 1.29 is 9.90 Å². The fraction of sp³-hybridized carbons (Fsp3) is 0.429. The Morgan fingerprint density at radius 3 is 2.42 bits per heavy atom. The predicted molar refractivity (Wildman–Crippen MR) is 49.2 cm³/mol. The summed E-state index contributed by atoms with van der Waals surface area (Å²) in [5, 5.41) is 9.38. The summed E-state index contributed by atoms with van der Waals surface area (Å²) in [6.45, 7) is 0. The molecule has 0 amide bonds. The van der Waals surface area contributed by atoms with Crippen LogP contribution in [0.25, 0.3) is 0 Å². The standard InChI is InChI=1S/C7H12N2O2S/c1-12(2,3)7-8-4-5(9-7)6(10)11/h4H,1-3H3,(H,8,9)(H,10,11). The molecule has 0 aliphatic carbocycles. The number of hydrogen-bond acceptors (Lipinski definition) is 2. The highest BCUT2D eigenvalue weighted by Gasteiger charge is 2.14. The molecule has 0 unspecified atom stereocenters. The van der Waals surface area contributed by atoms with Crippen LogP contribution in [0.1, 0.15) is 10.5 Å². The molecule has 68 valence electrons. The molecule has 0 saturated carbocycles. The molecule has 0 aromatic carbocycles. The first-order valence-corrected chi connectivity index (χ1v) is 6.23. The third-order valence-corrected chi connectivity index (χ3v) is 2.73. The normalized spacial score (nSPS) is 12.9. The fourth-order valence-electron chi connectivity index (χ4n) is 0.723. The van der Waals surface area contributed by atoms with Crippen LogP contribution in [0.4, 0.5) is 0 Å². The van der Waals surface area contributed by atoms with E-state index in [1.807, 2.05) is 0 Å². The maximum atomic E-state index is 10.5. The van der Waals surface area contributed by atoms with Gasteiger partial charge in [-0.1, -0.05) is 0 Å². The number of carboxylic acids is 1. The molecule has 1 heterocycles. The number of carbonyl (C=O) groups is 1. The predicted octanol–water partition coefficient (Wildman–Crippen LogP) is 1.16. The highest BCUT2D eigenvalue weighted by atomic mass is 32.3. The Bertz CT molecular complexity index is 301. The van der Waals surface area contributed by atoms with Gasteiger partial charge in [0.1, 0.15) is 10.9 Å². The fourth-order valence-corrected chi connectivity index (χ4v) is 1.51. The second-order valence-electron chi connectivity index (χ2n) is 3.24. The lowest BCUT2D eigenvalue weighted by Crippen LogP contribution is -1.98. The second kappa shape index (κ2) is 2.82. The number of hydrogen-bond donors (Lipinski definition) is 2. The SMILES string of the molecule is CS(C)(C)c1ncc(C(=O)O)[nH]1. The molecule has 0 bridgehead atoms. The molecule has 0 radical (unpaired) electrons. The molecular formula is C7H12N2O2S. The summed E-state index contributed by atoms with van der Waals surface area (Å²) in [7, 11) is -0.946. The van der Waals surface area contributed by atoms with E-state index in [0.717, 1.165) is 5.16 Å². The number of nitrogens with zero attached hydrogens (tertiary/aromatic N) is 1. The van der Waals surface area contributed by atoms with E-state index in [2.05, 4.69) is 28.7 Å². The zero-order valence-electron chi connectivity index (χ0n) is 7.29. The van der Waals surface area contributed by atoms with Crippen molar-refractivity contribution in [3.05, 3.63) is 11.9 Å². The van der Waals surface area contributed by atoms with E-state index >= 15 is 0 Å². The average Bonchev–Trinajstić information content (AvgIpc) is 2.30. The smallest absolute Gasteiger partial charge is 0.353 e. The summed E-state index contributed by atoms with van der Waals surface area (Å²) in [5.74, 6) is -0.961. The minimum Gasteiger partial charge on any atom is -0.477 e. The van der Waals surface area contributed by atoms with E-state index in [0.29, 0.717) is 0 Å². The monoisotopic (exact) mass is 188 g/mol. The molecule has 0 saturated heterocycles. The van der Waals surface area contributed by atoms with Crippen molar-refractivity contribution in [2.45, 2.75) is 5.16 Å². The number of aromatic amines is 1. The van der Waals surface area contributed by atoms with Gasteiger partial charge in [-0.25, -0.2) is 9.78 Å². The maximum absolute atomic E-state index is 10.5. The first kappa shape index (κ1) is 9.12.